The fraction of sp³-hybridized carbons (Fsp3) is 0.444. The summed E-state index contributed by atoms with van der Waals surface area (Å²) in [4.78, 5) is 20.1. The first kappa shape index (κ1) is 17.3. The van der Waals surface area contributed by atoms with Gasteiger partial charge in [-0.2, -0.15) is 0 Å². The Labute approximate surface area is 155 Å². The summed E-state index contributed by atoms with van der Waals surface area (Å²) in [5, 5.41) is 3.94. The number of carbonyl (C=O) groups is 1. The zero-order valence-corrected chi connectivity index (χ0v) is 15.4. The number of benzene rings is 1. The molecule has 1 aromatic heterocycles. The zero-order valence-electron chi connectivity index (χ0n) is 14.6. The number of amides is 1. The minimum atomic E-state index is -0.0918. The van der Waals surface area contributed by atoms with E-state index in [4.69, 9.17) is 14.2 Å². The number of hydrogen-bond donors (Lipinski definition) is 1. The Bertz CT molecular complexity index is 802. The van der Waals surface area contributed by atoms with Gasteiger partial charge < -0.3 is 19.5 Å². The summed E-state index contributed by atoms with van der Waals surface area (Å²) < 4.78 is 16.0. The number of rotatable bonds is 5. The second-order valence-corrected chi connectivity index (χ2v) is 7.36. The van der Waals surface area contributed by atoms with E-state index in [-0.39, 0.29) is 12.7 Å². The molecule has 0 atom stereocenters. The molecule has 0 spiro atoms. The quantitative estimate of drug-likeness (QED) is 0.861. The second-order valence-electron chi connectivity index (χ2n) is 6.28. The van der Waals surface area contributed by atoms with E-state index in [1.807, 2.05) is 25.1 Å². The lowest BCUT2D eigenvalue weighted by Gasteiger charge is -2.25. The molecule has 0 radical (unpaired) electrons. The third-order valence-corrected chi connectivity index (χ3v) is 5.54. The van der Waals surface area contributed by atoms with Crippen molar-refractivity contribution >= 4 is 17.2 Å². The molecule has 2 aliphatic rings. The molecule has 1 N–H and O–H groups in total. The number of hydrogen-bond acceptors (Lipinski definition) is 7. The predicted octanol–water partition coefficient (Wildman–Crippen LogP) is 1.94. The SMILES string of the molecule is Cc1nc(CN2CCOCC2)sc1C(=O)NCc1ccc2c(c1)OCO2. The van der Waals surface area contributed by atoms with Gasteiger partial charge in [0.25, 0.3) is 5.91 Å². The van der Waals surface area contributed by atoms with Crippen molar-refractivity contribution in [3.8, 4) is 11.5 Å². The van der Waals surface area contributed by atoms with Crippen LogP contribution in [0.1, 0.15) is 25.9 Å². The Hall–Kier alpha value is -2.16. The average molecular weight is 375 g/mol. The number of aryl methyl sites for hydroxylation is 1. The molecule has 26 heavy (non-hydrogen) atoms. The monoisotopic (exact) mass is 375 g/mol. The van der Waals surface area contributed by atoms with Crippen LogP contribution in [0.4, 0.5) is 0 Å². The maximum atomic E-state index is 12.5. The number of thiazole rings is 1. The summed E-state index contributed by atoms with van der Waals surface area (Å²) in [5.74, 6) is 1.37. The van der Waals surface area contributed by atoms with Gasteiger partial charge in [-0.25, -0.2) is 4.98 Å². The fourth-order valence-electron chi connectivity index (χ4n) is 2.99. The maximum Gasteiger partial charge on any atom is 0.263 e. The number of nitrogens with one attached hydrogen (secondary N) is 1. The molecule has 2 aliphatic heterocycles. The summed E-state index contributed by atoms with van der Waals surface area (Å²) in [6.07, 6.45) is 0. The molecular formula is C18H21N3O4S. The van der Waals surface area contributed by atoms with Gasteiger partial charge in [-0.15, -0.1) is 11.3 Å². The molecule has 0 bridgehead atoms. The van der Waals surface area contributed by atoms with Gasteiger partial charge in [0.2, 0.25) is 6.79 Å². The first-order chi connectivity index (χ1) is 12.7. The molecule has 1 fully saturated rings. The molecule has 1 saturated heterocycles. The third-order valence-electron chi connectivity index (χ3n) is 4.40. The summed E-state index contributed by atoms with van der Waals surface area (Å²) in [5.41, 5.74) is 1.75. The Morgan fingerprint density at radius 3 is 2.92 bits per heavy atom. The van der Waals surface area contributed by atoms with Gasteiger partial charge in [-0.05, 0) is 24.6 Å². The summed E-state index contributed by atoms with van der Waals surface area (Å²) in [6, 6.07) is 5.69. The maximum absolute atomic E-state index is 12.5. The number of morpholine rings is 1. The number of ether oxygens (including phenoxy) is 3. The molecule has 7 nitrogen and oxygen atoms in total. The van der Waals surface area contributed by atoms with Crippen molar-refractivity contribution in [2.75, 3.05) is 33.1 Å². The largest absolute Gasteiger partial charge is 0.454 e. The molecule has 4 rings (SSSR count). The van der Waals surface area contributed by atoms with Gasteiger partial charge in [-0.1, -0.05) is 6.07 Å². The van der Waals surface area contributed by atoms with Gasteiger partial charge in [0.05, 0.1) is 25.5 Å². The lowest BCUT2D eigenvalue weighted by atomic mass is 10.2. The highest BCUT2D eigenvalue weighted by Crippen LogP contribution is 2.32. The van der Waals surface area contributed by atoms with E-state index in [2.05, 4.69) is 15.2 Å². The van der Waals surface area contributed by atoms with E-state index >= 15 is 0 Å². The predicted molar refractivity (Wildman–Crippen MR) is 96.7 cm³/mol. The highest BCUT2D eigenvalue weighted by atomic mass is 32.1. The molecule has 8 heteroatoms. The minimum Gasteiger partial charge on any atom is -0.454 e. The molecule has 1 amide bonds. The van der Waals surface area contributed by atoms with Crippen LogP contribution in [-0.2, 0) is 17.8 Å². The molecule has 2 aromatic rings. The Morgan fingerprint density at radius 2 is 2.08 bits per heavy atom. The van der Waals surface area contributed by atoms with Crippen LogP contribution in [0.3, 0.4) is 0 Å². The zero-order chi connectivity index (χ0) is 17.9. The van der Waals surface area contributed by atoms with Crippen molar-refractivity contribution in [2.24, 2.45) is 0 Å². The van der Waals surface area contributed by atoms with Crippen LogP contribution in [-0.4, -0.2) is 48.9 Å². The molecule has 1 aromatic carbocycles. The van der Waals surface area contributed by atoms with Crippen LogP contribution in [0, 0.1) is 6.92 Å². The van der Waals surface area contributed by atoms with E-state index < -0.39 is 0 Å². The van der Waals surface area contributed by atoms with Crippen molar-refractivity contribution in [2.45, 2.75) is 20.0 Å². The minimum absolute atomic E-state index is 0.0918. The van der Waals surface area contributed by atoms with Gasteiger partial charge in [0, 0.05) is 19.6 Å². The molecule has 138 valence electrons. The summed E-state index contributed by atoms with van der Waals surface area (Å²) in [6.45, 7) is 6.66. The smallest absolute Gasteiger partial charge is 0.263 e. The van der Waals surface area contributed by atoms with Gasteiger partial charge in [-0.3, -0.25) is 9.69 Å². The van der Waals surface area contributed by atoms with Crippen molar-refractivity contribution in [1.82, 2.24) is 15.2 Å². The van der Waals surface area contributed by atoms with Crippen LogP contribution in [0.5, 0.6) is 11.5 Å². The number of aromatic nitrogens is 1. The molecular weight excluding hydrogens is 354 g/mol. The Balaban J connectivity index is 1.37. The number of carbonyl (C=O) groups excluding carboxylic acids is 1. The summed E-state index contributed by atoms with van der Waals surface area (Å²) >= 11 is 1.47. The van der Waals surface area contributed by atoms with Crippen molar-refractivity contribution in [3.05, 3.63) is 39.3 Å². The van der Waals surface area contributed by atoms with Crippen LogP contribution in [0.2, 0.25) is 0 Å². The van der Waals surface area contributed by atoms with Crippen molar-refractivity contribution in [1.29, 1.82) is 0 Å². The van der Waals surface area contributed by atoms with E-state index in [1.165, 1.54) is 11.3 Å². The van der Waals surface area contributed by atoms with E-state index in [0.717, 1.165) is 60.6 Å². The fourth-order valence-corrected chi connectivity index (χ4v) is 4.02. The van der Waals surface area contributed by atoms with E-state index in [0.29, 0.717) is 11.4 Å². The van der Waals surface area contributed by atoms with Crippen molar-refractivity contribution < 1.29 is 19.0 Å². The standard InChI is InChI=1S/C18H21N3O4S/c1-12-17(26-16(20-12)10-21-4-6-23-7-5-21)18(22)19-9-13-2-3-14-15(8-13)25-11-24-14/h2-3,8H,4-7,9-11H2,1H3,(H,19,22). The Kier molecular flexibility index (Phi) is 5.05. The van der Waals surface area contributed by atoms with E-state index in [9.17, 15) is 4.79 Å². The lowest BCUT2D eigenvalue weighted by Crippen LogP contribution is -2.35. The normalized spacial score (nSPS) is 16.7. The topological polar surface area (TPSA) is 72.9 Å². The highest BCUT2D eigenvalue weighted by molar-refractivity contribution is 7.13. The van der Waals surface area contributed by atoms with Crippen LogP contribution >= 0.6 is 11.3 Å². The summed E-state index contributed by atoms with van der Waals surface area (Å²) in [7, 11) is 0. The van der Waals surface area contributed by atoms with Crippen molar-refractivity contribution in [3.63, 3.8) is 0 Å². The van der Waals surface area contributed by atoms with Crippen LogP contribution in [0.15, 0.2) is 18.2 Å². The first-order valence-electron chi connectivity index (χ1n) is 8.62. The van der Waals surface area contributed by atoms with Crippen LogP contribution in [0.25, 0.3) is 0 Å². The van der Waals surface area contributed by atoms with Gasteiger partial charge in [0.1, 0.15) is 9.88 Å². The number of nitrogens with zero attached hydrogens (tertiary/aromatic N) is 2. The van der Waals surface area contributed by atoms with Gasteiger partial charge in [0.15, 0.2) is 11.5 Å². The average Bonchev–Trinajstić information content (AvgIpc) is 3.26. The van der Waals surface area contributed by atoms with E-state index in [1.54, 1.807) is 0 Å². The second kappa shape index (κ2) is 7.61. The Morgan fingerprint density at radius 1 is 1.27 bits per heavy atom. The number of fused-ring (bicyclic) bond motifs is 1. The highest BCUT2D eigenvalue weighted by Gasteiger charge is 2.19. The lowest BCUT2D eigenvalue weighted by molar-refractivity contribution is 0.0341. The molecule has 0 unspecified atom stereocenters. The molecule has 0 aliphatic carbocycles. The molecule has 0 saturated carbocycles. The first-order valence-corrected chi connectivity index (χ1v) is 9.44. The molecule has 3 heterocycles. The van der Waals surface area contributed by atoms with Crippen LogP contribution < -0.4 is 14.8 Å². The third kappa shape index (κ3) is 3.82. The van der Waals surface area contributed by atoms with Gasteiger partial charge >= 0.3 is 0 Å².